The van der Waals surface area contributed by atoms with E-state index in [4.69, 9.17) is 9.84 Å². The highest BCUT2D eigenvalue weighted by atomic mass is 16.5. The van der Waals surface area contributed by atoms with Gasteiger partial charge in [-0.15, -0.1) is 0 Å². The minimum atomic E-state index is -0.799. The molecule has 0 unspecified atom stereocenters. The second kappa shape index (κ2) is 10.5. The molecule has 1 aliphatic rings. The third-order valence-corrected chi connectivity index (χ3v) is 7.26. The van der Waals surface area contributed by atoms with E-state index in [9.17, 15) is 9.59 Å². The number of rotatable bonds is 9. The summed E-state index contributed by atoms with van der Waals surface area (Å²) < 4.78 is 6.11. The summed E-state index contributed by atoms with van der Waals surface area (Å²) in [7, 11) is 0. The van der Waals surface area contributed by atoms with Crippen molar-refractivity contribution in [2.24, 2.45) is 5.41 Å². The van der Waals surface area contributed by atoms with E-state index in [2.05, 4.69) is 38.1 Å². The summed E-state index contributed by atoms with van der Waals surface area (Å²) in [5.41, 5.74) is 6.59. The minimum Gasteiger partial charge on any atom is -0.489 e. The number of carboxylic acids is 1. The molecule has 0 aliphatic heterocycles. The first-order chi connectivity index (χ1) is 16.7. The summed E-state index contributed by atoms with van der Waals surface area (Å²) in [5.74, 6) is 0.462. The summed E-state index contributed by atoms with van der Waals surface area (Å²) in [4.78, 5) is 22.9. The van der Waals surface area contributed by atoms with E-state index in [1.54, 1.807) is 6.92 Å². The molecule has 182 valence electrons. The van der Waals surface area contributed by atoms with E-state index in [0.717, 1.165) is 34.4 Å². The summed E-state index contributed by atoms with van der Waals surface area (Å²) in [6, 6.07) is 22.2. The van der Waals surface area contributed by atoms with E-state index in [0.29, 0.717) is 18.9 Å². The van der Waals surface area contributed by atoms with Gasteiger partial charge >= 0.3 is 5.97 Å². The van der Waals surface area contributed by atoms with Gasteiger partial charge in [-0.2, -0.15) is 0 Å². The van der Waals surface area contributed by atoms with Gasteiger partial charge in [0.2, 0.25) is 0 Å². The molecular weight excluding hydrogens is 436 g/mol. The molecule has 3 aromatic carbocycles. The molecule has 0 amide bonds. The molecule has 0 saturated heterocycles. The number of carboxylic acid groups (broad SMARTS) is 1. The molecule has 1 aliphatic carbocycles. The number of aryl methyl sites for hydroxylation is 1. The lowest BCUT2D eigenvalue weighted by Gasteiger charge is -2.30. The maximum atomic E-state index is 12.0. The number of Topliss-reactive ketones (excluding diaryl/α,β-unsaturated/α-hetero) is 1. The van der Waals surface area contributed by atoms with Crippen molar-refractivity contribution in [2.45, 2.75) is 65.4 Å². The lowest BCUT2D eigenvalue weighted by Crippen LogP contribution is -2.16. The predicted octanol–water partition coefficient (Wildman–Crippen LogP) is 7.45. The lowest BCUT2D eigenvalue weighted by atomic mass is 9.75. The molecule has 35 heavy (non-hydrogen) atoms. The van der Waals surface area contributed by atoms with E-state index in [1.165, 1.54) is 24.0 Å². The van der Waals surface area contributed by atoms with E-state index < -0.39 is 5.97 Å². The van der Waals surface area contributed by atoms with Crippen LogP contribution in [0.3, 0.4) is 0 Å². The summed E-state index contributed by atoms with van der Waals surface area (Å²) in [6.07, 6.45) is 4.17. The summed E-state index contributed by atoms with van der Waals surface area (Å²) >= 11 is 0. The Morgan fingerprint density at radius 1 is 1.00 bits per heavy atom. The molecule has 1 fully saturated rings. The number of aliphatic carboxylic acids is 1. The van der Waals surface area contributed by atoms with Gasteiger partial charge in [0, 0.05) is 12.0 Å². The van der Waals surface area contributed by atoms with Crippen molar-refractivity contribution in [2.75, 3.05) is 0 Å². The second-order valence-corrected chi connectivity index (χ2v) is 10.3. The number of hydrogen-bond donors (Lipinski definition) is 1. The van der Waals surface area contributed by atoms with Crippen molar-refractivity contribution >= 4 is 11.8 Å². The molecule has 4 rings (SSSR count). The fraction of sp³-hybridized carbons (Fsp3) is 0.355. The topological polar surface area (TPSA) is 63.6 Å². The van der Waals surface area contributed by atoms with Crippen LogP contribution in [0.15, 0.2) is 66.7 Å². The van der Waals surface area contributed by atoms with Crippen LogP contribution < -0.4 is 4.74 Å². The smallest absolute Gasteiger partial charge is 0.303 e. The number of carbonyl (C=O) groups is 2. The monoisotopic (exact) mass is 470 g/mol. The van der Waals surface area contributed by atoms with Crippen molar-refractivity contribution in [3.8, 4) is 16.9 Å². The molecule has 1 N–H and O–H groups in total. The van der Waals surface area contributed by atoms with Crippen LogP contribution >= 0.6 is 0 Å². The van der Waals surface area contributed by atoms with Gasteiger partial charge in [0.05, 0.1) is 0 Å². The molecule has 0 radical (unpaired) electrons. The van der Waals surface area contributed by atoms with Gasteiger partial charge in [-0.05, 0) is 83.5 Å². The van der Waals surface area contributed by atoms with Crippen LogP contribution in [0.5, 0.6) is 5.75 Å². The Morgan fingerprint density at radius 3 is 2.51 bits per heavy atom. The Morgan fingerprint density at radius 2 is 1.80 bits per heavy atom. The summed E-state index contributed by atoms with van der Waals surface area (Å²) in [6.45, 7) is 6.76. The molecule has 1 saturated carbocycles. The molecule has 4 nitrogen and oxygen atoms in total. The Kier molecular flexibility index (Phi) is 7.39. The standard InChI is InChI=1S/C31H34O4/c1-21(32)24-8-5-9-25(19-24)27-14-12-23(18-28(27)29-11-6-16-31(29,2)3)20-35-26-10-4-7-22(17-26)13-15-30(33)34/h4-5,7-10,12,14,17-19,29H,6,11,13,15-16,20H2,1-3H3,(H,33,34)/t29-/m0/s1. The van der Waals surface area contributed by atoms with Crippen LogP contribution in [-0.4, -0.2) is 16.9 Å². The third kappa shape index (κ3) is 6.00. The van der Waals surface area contributed by atoms with Crippen molar-refractivity contribution in [1.82, 2.24) is 0 Å². The van der Waals surface area contributed by atoms with Crippen LogP contribution in [0.1, 0.15) is 79.4 Å². The van der Waals surface area contributed by atoms with Crippen LogP contribution in [0.25, 0.3) is 11.1 Å². The fourth-order valence-electron chi connectivity index (χ4n) is 5.27. The molecule has 0 heterocycles. The highest BCUT2D eigenvalue weighted by molar-refractivity contribution is 5.95. The van der Waals surface area contributed by atoms with Gasteiger partial charge < -0.3 is 9.84 Å². The van der Waals surface area contributed by atoms with E-state index in [1.807, 2.05) is 42.5 Å². The molecular formula is C31H34O4. The number of ether oxygens (including phenoxy) is 1. The first-order valence-corrected chi connectivity index (χ1v) is 12.4. The van der Waals surface area contributed by atoms with Gasteiger partial charge in [0.1, 0.15) is 12.4 Å². The zero-order chi connectivity index (χ0) is 25.0. The Bertz CT molecular complexity index is 1220. The van der Waals surface area contributed by atoms with Crippen LogP contribution in [0.2, 0.25) is 0 Å². The number of carbonyl (C=O) groups excluding carboxylic acids is 1. The first kappa shape index (κ1) is 24.7. The molecule has 1 atom stereocenters. The van der Waals surface area contributed by atoms with Crippen molar-refractivity contribution in [3.63, 3.8) is 0 Å². The number of benzene rings is 3. The predicted molar refractivity (Wildman–Crippen MR) is 139 cm³/mol. The van der Waals surface area contributed by atoms with Crippen LogP contribution in [0.4, 0.5) is 0 Å². The Labute approximate surface area is 208 Å². The first-order valence-electron chi connectivity index (χ1n) is 12.4. The highest BCUT2D eigenvalue weighted by Crippen LogP contribution is 2.51. The normalized spacial score (nSPS) is 16.7. The number of ketones is 1. The average molecular weight is 471 g/mol. The highest BCUT2D eigenvalue weighted by Gasteiger charge is 2.36. The van der Waals surface area contributed by atoms with Gasteiger partial charge in [0.15, 0.2) is 5.78 Å². The third-order valence-electron chi connectivity index (χ3n) is 7.26. The average Bonchev–Trinajstić information content (AvgIpc) is 3.20. The zero-order valence-corrected chi connectivity index (χ0v) is 20.8. The molecule has 0 spiro atoms. The summed E-state index contributed by atoms with van der Waals surface area (Å²) in [5, 5.41) is 8.95. The SMILES string of the molecule is CC(=O)c1cccc(-c2ccc(COc3cccc(CCC(=O)O)c3)cc2[C@@H]2CCCC2(C)C)c1. The minimum absolute atomic E-state index is 0.0743. The van der Waals surface area contributed by atoms with Gasteiger partial charge in [0.25, 0.3) is 0 Å². The zero-order valence-electron chi connectivity index (χ0n) is 20.8. The molecule has 4 heteroatoms. The van der Waals surface area contributed by atoms with Crippen molar-refractivity contribution in [1.29, 1.82) is 0 Å². The maximum Gasteiger partial charge on any atom is 0.303 e. The Hall–Kier alpha value is -3.40. The number of hydrogen-bond acceptors (Lipinski definition) is 3. The van der Waals surface area contributed by atoms with Gasteiger partial charge in [-0.25, -0.2) is 0 Å². The largest absolute Gasteiger partial charge is 0.489 e. The van der Waals surface area contributed by atoms with Crippen molar-refractivity contribution in [3.05, 3.63) is 89.0 Å². The molecule has 0 bridgehead atoms. The molecule has 3 aromatic rings. The van der Waals surface area contributed by atoms with Crippen LogP contribution in [-0.2, 0) is 17.8 Å². The Balaban J connectivity index is 1.62. The van der Waals surface area contributed by atoms with Crippen molar-refractivity contribution < 1.29 is 19.4 Å². The van der Waals surface area contributed by atoms with Gasteiger partial charge in [-0.1, -0.05) is 68.8 Å². The van der Waals surface area contributed by atoms with E-state index in [-0.39, 0.29) is 17.6 Å². The molecule has 0 aromatic heterocycles. The van der Waals surface area contributed by atoms with E-state index >= 15 is 0 Å². The van der Waals surface area contributed by atoms with Gasteiger partial charge in [-0.3, -0.25) is 9.59 Å². The van der Waals surface area contributed by atoms with Crippen LogP contribution in [0, 0.1) is 5.41 Å². The maximum absolute atomic E-state index is 12.0. The quantitative estimate of drug-likeness (QED) is 0.330. The fourth-order valence-corrected chi connectivity index (χ4v) is 5.27. The lowest BCUT2D eigenvalue weighted by molar-refractivity contribution is -0.136. The second-order valence-electron chi connectivity index (χ2n) is 10.3.